The van der Waals surface area contributed by atoms with E-state index in [9.17, 15) is 9.59 Å². The van der Waals surface area contributed by atoms with Crippen molar-refractivity contribution in [3.05, 3.63) is 115 Å². The lowest BCUT2D eigenvalue weighted by Gasteiger charge is -2.13. The first-order chi connectivity index (χ1) is 17.4. The summed E-state index contributed by atoms with van der Waals surface area (Å²) >= 11 is 17.3. The summed E-state index contributed by atoms with van der Waals surface area (Å²) in [4.78, 5) is 27.0. The molecule has 1 saturated heterocycles. The van der Waals surface area contributed by atoms with Crippen LogP contribution in [0, 0.1) is 0 Å². The summed E-state index contributed by atoms with van der Waals surface area (Å²) in [6, 6.07) is 24.9. The molecule has 5 rings (SSSR count). The molecule has 0 atom stereocenters. The Balaban J connectivity index is 1.33. The van der Waals surface area contributed by atoms with E-state index in [1.54, 1.807) is 18.2 Å². The van der Waals surface area contributed by atoms with Crippen LogP contribution in [-0.2, 0) is 17.9 Å². The number of thioether (sulfide) groups is 1. The topological polar surface area (TPSA) is 46.6 Å². The summed E-state index contributed by atoms with van der Waals surface area (Å²) in [6.07, 6.45) is 1.62. The van der Waals surface area contributed by atoms with E-state index in [4.69, 9.17) is 27.9 Å². The first kappa shape index (κ1) is 24.9. The van der Waals surface area contributed by atoms with Crippen LogP contribution in [0.5, 0.6) is 5.75 Å². The highest BCUT2D eigenvalue weighted by Crippen LogP contribution is 2.38. The molecule has 4 aromatic rings. The Bertz CT molecular complexity index is 1490. The highest BCUT2D eigenvalue weighted by atomic mass is 79.9. The van der Waals surface area contributed by atoms with Crippen LogP contribution < -0.4 is 4.74 Å². The summed E-state index contributed by atoms with van der Waals surface area (Å²) in [6.45, 7) is 0.507. The zero-order valence-corrected chi connectivity index (χ0v) is 22.6. The number of hydrogen-bond acceptors (Lipinski definition) is 4. The number of hydrogen-bond donors (Lipinski definition) is 0. The number of rotatable bonds is 6. The van der Waals surface area contributed by atoms with Gasteiger partial charge in [-0.15, -0.1) is 0 Å². The molecule has 1 aliphatic rings. The van der Waals surface area contributed by atoms with Gasteiger partial charge in [-0.3, -0.25) is 14.5 Å². The quantitative estimate of drug-likeness (QED) is 0.208. The number of fused-ring (bicyclic) bond motifs is 1. The molecule has 0 aromatic heterocycles. The molecule has 0 N–H and O–H groups in total. The minimum absolute atomic E-state index is 0.206. The van der Waals surface area contributed by atoms with Crippen LogP contribution >= 0.6 is 50.9 Å². The van der Waals surface area contributed by atoms with Gasteiger partial charge in [-0.05, 0) is 69.6 Å². The van der Waals surface area contributed by atoms with Gasteiger partial charge in [0.25, 0.3) is 11.1 Å². The van der Waals surface area contributed by atoms with E-state index in [2.05, 4.69) is 15.9 Å². The van der Waals surface area contributed by atoms with Crippen molar-refractivity contribution in [1.82, 2.24) is 4.90 Å². The van der Waals surface area contributed by atoms with E-state index in [-0.39, 0.29) is 17.7 Å². The highest BCUT2D eigenvalue weighted by Gasteiger charge is 2.35. The van der Waals surface area contributed by atoms with E-state index in [0.29, 0.717) is 32.9 Å². The number of imide groups is 1. The minimum Gasteiger partial charge on any atom is -0.486 e. The van der Waals surface area contributed by atoms with Crippen molar-refractivity contribution in [2.24, 2.45) is 0 Å². The third-order valence-corrected chi connectivity index (χ3v) is 7.70. The number of amides is 2. The molecule has 8 heteroatoms. The maximum Gasteiger partial charge on any atom is 0.293 e. The summed E-state index contributed by atoms with van der Waals surface area (Å²) in [7, 11) is 0. The van der Waals surface area contributed by atoms with E-state index < -0.39 is 0 Å². The molecule has 0 spiro atoms. The number of benzene rings is 4. The van der Waals surface area contributed by atoms with E-state index in [0.717, 1.165) is 38.1 Å². The van der Waals surface area contributed by atoms with Crippen molar-refractivity contribution in [1.29, 1.82) is 0 Å². The fraction of sp³-hybridized carbons (Fsp3) is 0.0714. The van der Waals surface area contributed by atoms with Crippen LogP contribution in [0.25, 0.3) is 16.8 Å². The van der Waals surface area contributed by atoms with Crippen molar-refractivity contribution in [3.8, 4) is 5.75 Å². The van der Waals surface area contributed by atoms with Gasteiger partial charge in [-0.1, -0.05) is 93.7 Å². The highest BCUT2D eigenvalue weighted by molar-refractivity contribution is 9.10. The zero-order valence-electron chi connectivity index (χ0n) is 18.7. The SMILES string of the molecule is O=C1S/C(=C\c2cc(Cl)c(OCc3cccc4ccccc34)c(Cl)c2)C(=O)N1Cc1ccc(Br)cc1. The fourth-order valence-electron chi connectivity index (χ4n) is 3.93. The lowest BCUT2D eigenvalue weighted by molar-refractivity contribution is -0.123. The molecule has 0 saturated carbocycles. The summed E-state index contributed by atoms with van der Waals surface area (Å²) in [5.41, 5.74) is 2.49. The molecular weight excluding hydrogens is 581 g/mol. The Labute approximate surface area is 231 Å². The third kappa shape index (κ3) is 5.32. The van der Waals surface area contributed by atoms with Gasteiger partial charge < -0.3 is 4.74 Å². The number of carbonyl (C=O) groups is 2. The van der Waals surface area contributed by atoms with Gasteiger partial charge in [0, 0.05) is 4.47 Å². The average molecular weight is 599 g/mol. The fourth-order valence-corrected chi connectivity index (χ4v) is 5.64. The predicted octanol–water partition coefficient (Wildman–Crippen LogP) is 8.72. The van der Waals surface area contributed by atoms with Gasteiger partial charge in [0.15, 0.2) is 5.75 Å². The second-order valence-electron chi connectivity index (χ2n) is 8.13. The van der Waals surface area contributed by atoms with Crippen LogP contribution in [0.1, 0.15) is 16.7 Å². The molecule has 0 unspecified atom stereocenters. The van der Waals surface area contributed by atoms with Crippen LogP contribution in [0.3, 0.4) is 0 Å². The van der Waals surface area contributed by atoms with Gasteiger partial charge in [-0.2, -0.15) is 0 Å². The molecule has 4 nitrogen and oxygen atoms in total. The smallest absolute Gasteiger partial charge is 0.293 e. The van der Waals surface area contributed by atoms with Crippen LogP contribution in [0.15, 0.2) is 88.2 Å². The molecule has 180 valence electrons. The minimum atomic E-state index is -0.351. The molecule has 1 aliphatic heterocycles. The Morgan fingerprint density at radius 1 is 0.917 bits per heavy atom. The van der Waals surface area contributed by atoms with Crippen LogP contribution in [-0.4, -0.2) is 16.0 Å². The molecule has 36 heavy (non-hydrogen) atoms. The van der Waals surface area contributed by atoms with Gasteiger partial charge in [0.05, 0.1) is 21.5 Å². The van der Waals surface area contributed by atoms with E-state index >= 15 is 0 Å². The summed E-state index contributed by atoms with van der Waals surface area (Å²) in [5, 5.41) is 2.55. The van der Waals surface area contributed by atoms with Crippen molar-refractivity contribution in [2.45, 2.75) is 13.2 Å². The maximum atomic E-state index is 12.9. The molecule has 0 bridgehead atoms. The third-order valence-electron chi connectivity index (χ3n) is 5.70. The first-order valence-electron chi connectivity index (χ1n) is 11.0. The monoisotopic (exact) mass is 597 g/mol. The van der Waals surface area contributed by atoms with E-state index in [1.165, 1.54) is 4.90 Å². The van der Waals surface area contributed by atoms with Gasteiger partial charge in [-0.25, -0.2) is 0 Å². The number of carbonyl (C=O) groups excluding carboxylic acids is 2. The lowest BCUT2D eigenvalue weighted by Crippen LogP contribution is -2.27. The maximum absolute atomic E-state index is 12.9. The van der Waals surface area contributed by atoms with Gasteiger partial charge >= 0.3 is 0 Å². The lowest BCUT2D eigenvalue weighted by atomic mass is 10.1. The van der Waals surface area contributed by atoms with Gasteiger partial charge in [0.2, 0.25) is 0 Å². The Hall–Kier alpha value is -2.77. The normalized spacial score (nSPS) is 14.8. The number of nitrogens with zero attached hydrogens (tertiary/aromatic N) is 1. The zero-order chi connectivity index (χ0) is 25.2. The first-order valence-corrected chi connectivity index (χ1v) is 13.3. The Kier molecular flexibility index (Phi) is 7.39. The Morgan fingerprint density at radius 3 is 2.36 bits per heavy atom. The van der Waals surface area contributed by atoms with Crippen molar-refractivity contribution >= 4 is 78.9 Å². The second-order valence-corrected chi connectivity index (χ2v) is 10.9. The molecular formula is C28H18BrCl2NO3S. The molecule has 0 aliphatic carbocycles. The number of halogens is 3. The van der Waals surface area contributed by atoms with Crippen LogP contribution in [0.4, 0.5) is 4.79 Å². The van der Waals surface area contributed by atoms with Crippen LogP contribution in [0.2, 0.25) is 10.0 Å². The summed E-state index contributed by atoms with van der Waals surface area (Å²) in [5.74, 6) is 0.0169. The van der Waals surface area contributed by atoms with Crippen molar-refractivity contribution < 1.29 is 14.3 Å². The molecule has 0 radical (unpaired) electrons. The van der Waals surface area contributed by atoms with E-state index in [1.807, 2.05) is 66.7 Å². The largest absolute Gasteiger partial charge is 0.486 e. The molecule has 4 aromatic carbocycles. The molecule has 1 fully saturated rings. The predicted molar refractivity (Wildman–Crippen MR) is 150 cm³/mol. The number of ether oxygens (including phenoxy) is 1. The standard InChI is InChI=1S/C28H18BrCl2NO3S/c29-21-10-8-17(9-11-21)15-32-27(33)25(36-28(32)34)14-18-12-23(30)26(24(31)13-18)35-16-20-6-3-5-19-4-1-2-7-22(19)20/h1-14H,15-16H2/b25-14-. The average Bonchev–Trinajstić information content (AvgIpc) is 3.12. The molecule has 2 amide bonds. The van der Waals surface area contributed by atoms with Crippen molar-refractivity contribution in [3.63, 3.8) is 0 Å². The molecule has 1 heterocycles. The van der Waals surface area contributed by atoms with Gasteiger partial charge in [0.1, 0.15) is 6.61 Å². The second kappa shape index (κ2) is 10.7. The Morgan fingerprint density at radius 2 is 1.61 bits per heavy atom. The van der Waals surface area contributed by atoms with Crippen molar-refractivity contribution in [2.75, 3.05) is 0 Å². The summed E-state index contributed by atoms with van der Waals surface area (Å²) < 4.78 is 6.92.